The van der Waals surface area contributed by atoms with Gasteiger partial charge >= 0.3 is 0 Å². The normalized spacial score (nSPS) is 17.0. The molecule has 0 aliphatic carbocycles. The summed E-state index contributed by atoms with van der Waals surface area (Å²) in [5.41, 5.74) is 1.11. The molecule has 0 spiro atoms. The Bertz CT molecular complexity index is 856. The number of hydrogen-bond acceptors (Lipinski definition) is 5. The summed E-state index contributed by atoms with van der Waals surface area (Å²) in [6, 6.07) is 5.56. The fourth-order valence-corrected chi connectivity index (χ4v) is 4.14. The van der Waals surface area contributed by atoms with Crippen LogP contribution in [0.2, 0.25) is 0 Å². The number of aromatic nitrogens is 2. The summed E-state index contributed by atoms with van der Waals surface area (Å²) in [4.78, 5) is 24.8. The molecular weight excluding hydrogens is 342 g/mol. The quantitative estimate of drug-likeness (QED) is 0.872. The molecule has 0 fully saturated rings. The van der Waals surface area contributed by atoms with Crippen LogP contribution >= 0.6 is 11.8 Å². The molecule has 1 amide bonds. The Morgan fingerprint density at radius 1 is 1.24 bits per heavy atom. The van der Waals surface area contributed by atoms with Crippen molar-refractivity contribution in [2.45, 2.75) is 25.1 Å². The summed E-state index contributed by atoms with van der Waals surface area (Å²) in [5.74, 6) is 1.79. The molecule has 134 valence electrons. The van der Waals surface area contributed by atoms with Gasteiger partial charge in [0.15, 0.2) is 11.5 Å². The number of ether oxygens (including phenoxy) is 2. The van der Waals surface area contributed by atoms with Crippen molar-refractivity contribution < 1.29 is 14.3 Å². The number of para-hydroxylation sites is 1. The molecule has 3 rings (SSSR count). The first-order chi connectivity index (χ1) is 12.0. The van der Waals surface area contributed by atoms with Gasteiger partial charge in [0.05, 0.1) is 30.8 Å². The fourth-order valence-electron chi connectivity index (χ4n) is 3.00. The lowest BCUT2D eigenvalue weighted by Gasteiger charge is -2.19. The van der Waals surface area contributed by atoms with Crippen molar-refractivity contribution in [2.75, 3.05) is 25.3 Å². The number of thioether (sulfide) groups is 1. The summed E-state index contributed by atoms with van der Waals surface area (Å²) >= 11 is 1.39. The lowest BCUT2D eigenvalue weighted by atomic mass is 10.0. The molecule has 1 aromatic heterocycles. The SMILES string of the molecule is COc1cccc([C@@H]2SCC(=O)Nc3c2c(=O)[nH]n3C(C)C)c1OC. The smallest absolute Gasteiger partial charge is 0.270 e. The van der Waals surface area contributed by atoms with Crippen LogP contribution < -0.4 is 20.3 Å². The summed E-state index contributed by atoms with van der Waals surface area (Å²) in [6.07, 6.45) is 0. The molecule has 1 aliphatic rings. The molecule has 0 bridgehead atoms. The van der Waals surface area contributed by atoms with Gasteiger partial charge in [0.2, 0.25) is 5.91 Å². The standard InChI is InChI=1S/C17H21N3O4S/c1-9(2)20-16-13(17(22)19-20)15(25-8-12(21)18-16)10-6-5-7-11(23-3)14(10)24-4/h5-7,9,15H,8H2,1-4H3,(H,18,21)(H,19,22)/t15-/m0/s1. The Labute approximate surface area is 149 Å². The molecule has 1 aliphatic heterocycles. The van der Waals surface area contributed by atoms with E-state index in [0.717, 1.165) is 5.56 Å². The number of nitrogens with zero attached hydrogens (tertiary/aromatic N) is 1. The van der Waals surface area contributed by atoms with Crippen LogP contribution in [0.3, 0.4) is 0 Å². The van der Waals surface area contributed by atoms with Crippen LogP contribution in [-0.2, 0) is 4.79 Å². The first kappa shape index (κ1) is 17.5. The van der Waals surface area contributed by atoms with Gasteiger partial charge in [-0.25, -0.2) is 0 Å². The second-order valence-electron chi connectivity index (χ2n) is 5.99. The highest BCUT2D eigenvalue weighted by atomic mass is 32.2. The van der Waals surface area contributed by atoms with Gasteiger partial charge in [-0.3, -0.25) is 19.4 Å². The van der Waals surface area contributed by atoms with E-state index in [1.54, 1.807) is 25.0 Å². The largest absolute Gasteiger partial charge is 0.493 e. The summed E-state index contributed by atoms with van der Waals surface area (Å²) in [5, 5.41) is 5.34. The van der Waals surface area contributed by atoms with E-state index in [2.05, 4.69) is 10.4 Å². The van der Waals surface area contributed by atoms with Crippen LogP contribution in [0.1, 0.15) is 36.3 Å². The van der Waals surface area contributed by atoms with Crippen LogP contribution in [-0.4, -0.2) is 35.7 Å². The topological polar surface area (TPSA) is 85.4 Å². The first-order valence-electron chi connectivity index (χ1n) is 7.94. The van der Waals surface area contributed by atoms with E-state index in [1.807, 2.05) is 26.0 Å². The molecular formula is C17H21N3O4S. The first-order valence-corrected chi connectivity index (χ1v) is 8.99. The maximum absolute atomic E-state index is 12.7. The molecule has 1 atom stereocenters. The number of rotatable bonds is 4. The Balaban J connectivity index is 2.23. The highest BCUT2D eigenvalue weighted by Gasteiger charge is 2.33. The van der Waals surface area contributed by atoms with Crippen LogP contribution in [0.25, 0.3) is 0 Å². The molecule has 0 saturated carbocycles. The molecule has 2 N–H and O–H groups in total. The maximum atomic E-state index is 12.7. The lowest BCUT2D eigenvalue weighted by molar-refractivity contribution is -0.113. The predicted octanol–water partition coefficient (Wildman–Crippen LogP) is 2.55. The van der Waals surface area contributed by atoms with Crippen molar-refractivity contribution in [2.24, 2.45) is 0 Å². The average Bonchev–Trinajstić information content (AvgIpc) is 2.81. The number of anilines is 1. The van der Waals surface area contributed by atoms with E-state index in [0.29, 0.717) is 22.9 Å². The third-order valence-corrected chi connectivity index (χ3v) is 5.35. The molecule has 0 unspecified atom stereocenters. The van der Waals surface area contributed by atoms with Crippen molar-refractivity contribution in [1.29, 1.82) is 0 Å². The zero-order valence-electron chi connectivity index (χ0n) is 14.6. The molecule has 0 radical (unpaired) electrons. The Morgan fingerprint density at radius 2 is 2.00 bits per heavy atom. The molecule has 1 aromatic carbocycles. The zero-order chi connectivity index (χ0) is 18.1. The van der Waals surface area contributed by atoms with Crippen LogP contribution in [0, 0.1) is 0 Å². The predicted molar refractivity (Wildman–Crippen MR) is 97.9 cm³/mol. The number of nitrogens with one attached hydrogen (secondary N) is 2. The van der Waals surface area contributed by atoms with Crippen molar-refractivity contribution in [1.82, 2.24) is 9.78 Å². The van der Waals surface area contributed by atoms with E-state index < -0.39 is 0 Å². The number of carbonyl (C=O) groups excluding carboxylic acids is 1. The Kier molecular flexibility index (Phi) is 4.80. The number of aromatic amines is 1. The van der Waals surface area contributed by atoms with Crippen molar-refractivity contribution in [3.63, 3.8) is 0 Å². The van der Waals surface area contributed by atoms with E-state index in [1.165, 1.54) is 11.8 Å². The summed E-state index contributed by atoms with van der Waals surface area (Å²) in [7, 11) is 3.14. The second kappa shape index (κ2) is 6.87. The molecule has 7 nitrogen and oxygen atoms in total. The minimum Gasteiger partial charge on any atom is -0.493 e. The number of H-pyrrole nitrogens is 1. The van der Waals surface area contributed by atoms with E-state index in [4.69, 9.17) is 9.47 Å². The third-order valence-electron chi connectivity index (χ3n) is 4.10. The Morgan fingerprint density at radius 3 is 2.64 bits per heavy atom. The summed E-state index contributed by atoms with van der Waals surface area (Å²) in [6.45, 7) is 3.89. The number of amides is 1. The van der Waals surface area contributed by atoms with Crippen molar-refractivity contribution in [3.05, 3.63) is 39.7 Å². The van der Waals surface area contributed by atoms with Crippen molar-refractivity contribution in [3.8, 4) is 11.5 Å². The van der Waals surface area contributed by atoms with Gasteiger partial charge in [0, 0.05) is 11.6 Å². The minimum absolute atomic E-state index is 0.00713. The average molecular weight is 363 g/mol. The van der Waals surface area contributed by atoms with Gasteiger partial charge in [-0.1, -0.05) is 12.1 Å². The molecule has 2 heterocycles. The van der Waals surface area contributed by atoms with E-state index in [-0.39, 0.29) is 28.5 Å². The van der Waals surface area contributed by atoms with E-state index in [9.17, 15) is 9.59 Å². The molecule has 8 heteroatoms. The number of hydrogen-bond donors (Lipinski definition) is 2. The van der Waals surface area contributed by atoms with Gasteiger partial charge in [0.1, 0.15) is 5.82 Å². The van der Waals surface area contributed by atoms with Gasteiger partial charge in [-0.15, -0.1) is 11.8 Å². The fraction of sp³-hybridized carbons (Fsp3) is 0.412. The number of methoxy groups -OCH3 is 2. The lowest BCUT2D eigenvalue weighted by Crippen LogP contribution is -2.17. The number of carbonyl (C=O) groups is 1. The summed E-state index contributed by atoms with van der Waals surface area (Å²) < 4.78 is 12.6. The van der Waals surface area contributed by atoms with Crippen LogP contribution in [0.15, 0.2) is 23.0 Å². The maximum Gasteiger partial charge on any atom is 0.270 e. The zero-order valence-corrected chi connectivity index (χ0v) is 15.4. The van der Waals surface area contributed by atoms with Gasteiger partial charge in [-0.05, 0) is 19.9 Å². The van der Waals surface area contributed by atoms with Gasteiger partial charge in [-0.2, -0.15) is 0 Å². The molecule has 2 aromatic rings. The highest BCUT2D eigenvalue weighted by molar-refractivity contribution is 8.00. The monoisotopic (exact) mass is 363 g/mol. The molecule has 25 heavy (non-hydrogen) atoms. The van der Waals surface area contributed by atoms with Gasteiger partial charge in [0.25, 0.3) is 5.56 Å². The van der Waals surface area contributed by atoms with E-state index >= 15 is 0 Å². The molecule has 0 saturated heterocycles. The third kappa shape index (κ3) is 3.02. The Hall–Kier alpha value is -2.35. The highest BCUT2D eigenvalue weighted by Crippen LogP contribution is 2.46. The number of benzene rings is 1. The van der Waals surface area contributed by atoms with Gasteiger partial charge < -0.3 is 14.8 Å². The number of fused-ring (bicyclic) bond motifs is 1. The van der Waals surface area contributed by atoms with Crippen molar-refractivity contribution >= 4 is 23.5 Å². The minimum atomic E-state index is -0.345. The second-order valence-corrected chi connectivity index (χ2v) is 7.08. The van der Waals surface area contributed by atoms with Crippen LogP contribution in [0.5, 0.6) is 11.5 Å². The van der Waals surface area contributed by atoms with Crippen LogP contribution in [0.4, 0.5) is 5.82 Å².